The summed E-state index contributed by atoms with van der Waals surface area (Å²) in [6.07, 6.45) is 3.01. The lowest BCUT2D eigenvalue weighted by Gasteiger charge is -2.02. The fourth-order valence-electron chi connectivity index (χ4n) is 0.617. The third-order valence-electron chi connectivity index (χ3n) is 1.03. The van der Waals surface area contributed by atoms with Crippen LogP contribution in [0.4, 0.5) is 0 Å². The minimum absolute atomic E-state index is 0.900. The molecule has 0 saturated heterocycles. The van der Waals surface area contributed by atoms with Crippen molar-refractivity contribution in [2.45, 2.75) is 20.3 Å². The van der Waals surface area contributed by atoms with Gasteiger partial charge in [-0.25, -0.2) is 0 Å². The van der Waals surface area contributed by atoms with Gasteiger partial charge in [0.15, 0.2) is 0 Å². The van der Waals surface area contributed by atoms with Crippen LogP contribution in [-0.4, -0.2) is 7.11 Å². The van der Waals surface area contributed by atoms with Crippen LogP contribution in [0, 0.1) is 0 Å². The smallest absolute Gasteiger partial charge is 0.117 e. The van der Waals surface area contributed by atoms with E-state index in [2.05, 4.69) is 13.5 Å². The van der Waals surface area contributed by atoms with E-state index in [-0.39, 0.29) is 0 Å². The Morgan fingerprint density at radius 3 is 2.33 bits per heavy atom. The number of methoxy groups -OCH3 is 1. The number of hydrogen-bond acceptors (Lipinski definition) is 1. The SMILES string of the molecule is C=C(C)/C(=C\CC)OC. The second-order valence-corrected chi connectivity index (χ2v) is 1.96. The first-order valence-corrected chi connectivity index (χ1v) is 3.12. The average Bonchev–Trinajstić information content (AvgIpc) is 1.82. The number of hydrogen-bond donors (Lipinski definition) is 0. The highest BCUT2D eigenvalue weighted by atomic mass is 16.5. The molecular weight excluding hydrogens is 112 g/mol. The van der Waals surface area contributed by atoms with Crippen LogP contribution in [0.15, 0.2) is 24.0 Å². The number of ether oxygens (including phenoxy) is 1. The molecule has 0 aliphatic rings. The van der Waals surface area contributed by atoms with Crippen molar-refractivity contribution >= 4 is 0 Å². The molecule has 52 valence electrons. The molecule has 0 aromatic carbocycles. The summed E-state index contributed by atoms with van der Waals surface area (Å²) in [5.41, 5.74) is 0.986. The zero-order valence-corrected chi connectivity index (χ0v) is 6.40. The van der Waals surface area contributed by atoms with Crippen molar-refractivity contribution in [1.82, 2.24) is 0 Å². The summed E-state index contributed by atoms with van der Waals surface area (Å²) < 4.78 is 5.01. The molecule has 0 fully saturated rings. The number of rotatable bonds is 3. The maximum atomic E-state index is 5.01. The summed E-state index contributed by atoms with van der Waals surface area (Å²) in [6, 6.07) is 0. The Kier molecular flexibility index (Phi) is 3.85. The molecule has 0 spiro atoms. The molecule has 0 aliphatic heterocycles. The summed E-state index contributed by atoms with van der Waals surface area (Å²) in [5.74, 6) is 0.900. The molecule has 0 saturated carbocycles. The summed E-state index contributed by atoms with van der Waals surface area (Å²) in [5, 5.41) is 0. The topological polar surface area (TPSA) is 9.23 Å². The van der Waals surface area contributed by atoms with Crippen molar-refractivity contribution < 1.29 is 4.74 Å². The largest absolute Gasteiger partial charge is 0.497 e. The summed E-state index contributed by atoms with van der Waals surface area (Å²) in [4.78, 5) is 0. The van der Waals surface area contributed by atoms with Crippen molar-refractivity contribution in [3.05, 3.63) is 24.0 Å². The zero-order chi connectivity index (χ0) is 7.28. The lowest BCUT2D eigenvalue weighted by atomic mass is 10.2. The molecule has 0 aromatic rings. The van der Waals surface area contributed by atoms with E-state index in [9.17, 15) is 0 Å². The highest BCUT2D eigenvalue weighted by molar-refractivity contribution is 5.19. The predicted octanol–water partition coefficient (Wildman–Crippen LogP) is 2.50. The molecule has 0 aliphatic carbocycles. The predicted molar refractivity (Wildman–Crippen MR) is 40.2 cm³/mol. The molecule has 1 nitrogen and oxygen atoms in total. The van der Waals surface area contributed by atoms with Crippen LogP contribution in [0.2, 0.25) is 0 Å². The first-order chi connectivity index (χ1) is 4.22. The Bertz CT molecular complexity index is 123. The average molecular weight is 126 g/mol. The van der Waals surface area contributed by atoms with Crippen LogP contribution in [0.5, 0.6) is 0 Å². The van der Waals surface area contributed by atoms with Gasteiger partial charge in [-0.2, -0.15) is 0 Å². The molecule has 0 bridgehead atoms. The summed E-state index contributed by atoms with van der Waals surface area (Å²) in [7, 11) is 1.66. The summed E-state index contributed by atoms with van der Waals surface area (Å²) in [6.45, 7) is 7.76. The standard InChI is InChI=1S/C8H14O/c1-5-6-8(9-4)7(2)3/h6H,2,5H2,1,3-4H3/b8-6+. The van der Waals surface area contributed by atoms with Crippen molar-refractivity contribution in [2.24, 2.45) is 0 Å². The van der Waals surface area contributed by atoms with Gasteiger partial charge in [-0.05, 0) is 25.0 Å². The third-order valence-corrected chi connectivity index (χ3v) is 1.03. The molecule has 0 radical (unpaired) electrons. The third kappa shape index (κ3) is 2.96. The highest BCUT2D eigenvalue weighted by Gasteiger charge is 1.91. The Balaban J connectivity index is 3.98. The second kappa shape index (κ2) is 4.19. The van der Waals surface area contributed by atoms with Crippen molar-refractivity contribution in [3.8, 4) is 0 Å². The van der Waals surface area contributed by atoms with E-state index < -0.39 is 0 Å². The zero-order valence-electron chi connectivity index (χ0n) is 6.40. The first kappa shape index (κ1) is 8.28. The van der Waals surface area contributed by atoms with Crippen molar-refractivity contribution in [3.63, 3.8) is 0 Å². The van der Waals surface area contributed by atoms with E-state index in [1.54, 1.807) is 7.11 Å². The minimum Gasteiger partial charge on any atom is -0.497 e. The van der Waals surface area contributed by atoms with Crippen LogP contribution in [0.25, 0.3) is 0 Å². The van der Waals surface area contributed by atoms with Gasteiger partial charge in [-0.15, -0.1) is 0 Å². The van der Waals surface area contributed by atoms with Crippen LogP contribution >= 0.6 is 0 Å². The number of allylic oxidation sites excluding steroid dienone is 2. The Morgan fingerprint density at radius 1 is 1.67 bits per heavy atom. The van der Waals surface area contributed by atoms with Crippen LogP contribution in [0.3, 0.4) is 0 Å². The van der Waals surface area contributed by atoms with Gasteiger partial charge in [0.2, 0.25) is 0 Å². The Hall–Kier alpha value is -0.720. The van der Waals surface area contributed by atoms with Gasteiger partial charge in [0.05, 0.1) is 7.11 Å². The molecule has 0 aromatic heterocycles. The van der Waals surface area contributed by atoms with E-state index >= 15 is 0 Å². The van der Waals surface area contributed by atoms with Gasteiger partial charge in [-0.1, -0.05) is 13.5 Å². The Labute approximate surface area is 57.0 Å². The van der Waals surface area contributed by atoms with Gasteiger partial charge in [0.25, 0.3) is 0 Å². The van der Waals surface area contributed by atoms with E-state index in [1.165, 1.54) is 0 Å². The normalized spacial score (nSPS) is 11.2. The fourth-order valence-corrected chi connectivity index (χ4v) is 0.617. The van der Waals surface area contributed by atoms with Gasteiger partial charge in [0, 0.05) is 0 Å². The quantitative estimate of drug-likeness (QED) is 0.417. The minimum atomic E-state index is 0.900. The molecule has 0 unspecified atom stereocenters. The monoisotopic (exact) mass is 126 g/mol. The molecule has 0 N–H and O–H groups in total. The van der Waals surface area contributed by atoms with E-state index in [1.807, 2.05) is 13.0 Å². The van der Waals surface area contributed by atoms with E-state index in [0.29, 0.717) is 0 Å². The summed E-state index contributed by atoms with van der Waals surface area (Å²) >= 11 is 0. The fraction of sp³-hybridized carbons (Fsp3) is 0.500. The molecule has 0 heterocycles. The van der Waals surface area contributed by atoms with Gasteiger partial charge in [0.1, 0.15) is 5.76 Å². The molecule has 9 heavy (non-hydrogen) atoms. The molecule has 0 amide bonds. The second-order valence-electron chi connectivity index (χ2n) is 1.96. The molecule has 0 atom stereocenters. The van der Waals surface area contributed by atoms with E-state index in [0.717, 1.165) is 17.8 Å². The Morgan fingerprint density at radius 2 is 2.22 bits per heavy atom. The van der Waals surface area contributed by atoms with E-state index in [4.69, 9.17) is 4.74 Å². The van der Waals surface area contributed by atoms with Crippen molar-refractivity contribution in [1.29, 1.82) is 0 Å². The lowest BCUT2D eigenvalue weighted by molar-refractivity contribution is 0.299. The van der Waals surface area contributed by atoms with Crippen LogP contribution < -0.4 is 0 Å². The van der Waals surface area contributed by atoms with Crippen LogP contribution in [-0.2, 0) is 4.74 Å². The highest BCUT2D eigenvalue weighted by Crippen LogP contribution is 2.06. The maximum absolute atomic E-state index is 5.01. The van der Waals surface area contributed by atoms with Gasteiger partial charge < -0.3 is 4.74 Å². The maximum Gasteiger partial charge on any atom is 0.117 e. The van der Waals surface area contributed by atoms with Gasteiger partial charge >= 0.3 is 0 Å². The van der Waals surface area contributed by atoms with Crippen LogP contribution in [0.1, 0.15) is 20.3 Å². The van der Waals surface area contributed by atoms with Crippen molar-refractivity contribution in [2.75, 3.05) is 7.11 Å². The first-order valence-electron chi connectivity index (χ1n) is 3.12. The molecule has 1 heteroatoms. The lowest BCUT2D eigenvalue weighted by Crippen LogP contribution is -1.85. The molecule has 0 rings (SSSR count). The molecular formula is C8H14O. The van der Waals surface area contributed by atoms with Gasteiger partial charge in [-0.3, -0.25) is 0 Å².